The van der Waals surface area contributed by atoms with Crippen LogP contribution in [-0.2, 0) is 9.53 Å². The number of carbonyl (C=O) groups excluding carboxylic acids is 2. The first-order valence-electron chi connectivity index (χ1n) is 7.35. The van der Waals surface area contributed by atoms with E-state index in [0.717, 1.165) is 6.42 Å². The molecule has 1 heterocycles. The summed E-state index contributed by atoms with van der Waals surface area (Å²) in [5.41, 5.74) is 0.418. The van der Waals surface area contributed by atoms with E-state index in [1.165, 1.54) is 7.11 Å². The normalized spacial score (nSPS) is 15.6. The van der Waals surface area contributed by atoms with Crippen LogP contribution in [0.4, 0.5) is 0 Å². The molecule has 1 amide bonds. The van der Waals surface area contributed by atoms with E-state index in [1.54, 1.807) is 18.2 Å². The molecule has 120 valence electrons. The van der Waals surface area contributed by atoms with Crippen LogP contribution in [-0.4, -0.2) is 38.2 Å². The molecule has 0 aromatic heterocycles. The highest BCUT2D eigenvalue weighted by Gasteiger charge is 2.27. The number of methoxy groups -OCH3 is 1. The summed E-state index contributed by atoms with van der Waals surface area (Å²) in [7, 11) is 1.31. The fraction of sp³-hybridized carbons (Fsp3) is 0.500. The molecular weight excluding hydrogens is 286 g/mol. The van der Waals surface area contributed by atoms with Crippen molar-refractivity contribution in [3.05, 3.63) is 23.8 Å². The SMILES string of the molecule is CCC(C)C(NC(=O)c1ccc2c(c1)OCCO2)C(=O)OC. The van der Waals surface area contributed by atoms with Gasteiger partial charge in [-0.3, -0.25) is 4.79 Å². The monoisotopic (exact) mass is 307 g/mol. The molecule has 22 heavy (non-hydrogen) atoms. The van der Waals surface area contributed by atoms with Crippen LogP contribution in [0, 0.1) is 5.92 Å². The maximum absolute atomic E-state index is 12.4. The summed E-state index contributed by atoms with van der Waals surface area (Å²) >= 11 is 0. The van der Waals surface area contributed by atoms with Crippen molar-refractivity contribution >= 4 is 11.9 Å². The Bertz CT molecular complexity index is 557. The Morgan fingerprint density at radius 2 is 1.95 bits per heavy atom. The molecule has 6 heteroatoms. The quantitative estimate of drug-likeness (QED) is 0.839. The largest absolute Gasteiger partial charge is 0.486 e. The Hall–Kier alpha value is -2.24. The second kappa shape index (κ2) is 7.15. The number of hydrogen-bond donors (Lipinski definition) is 1. The zero-order chi connectivity index (χ0) is 16.1. The number of amides is 1. The van der Waals surface area contributed by atoms with Gasteiger partial charge < -0.3 is 19.5 Å². The number of hydrogen-bond acceptors (Lipinski definition) is 5. The minimum absolute atomic E-state index is 0.0198. The van der Waals surface area contributed by atoms with Crippen LogP contribution in [0.3, 0.4) is 0 Å². The second-order valence-corrected chi connectivity index (χ2v) is 5.22. The summed E-state index contributed by atoms with van der Waals surface area (Å²) in [6.07, 6.45) is 0.751. The molecular formula is C16H21NO5. The third kappa shape index (κ3) is 3.50. The molecule has 0 saturated heterocycles. The van der Waals surface area contributed by atoms with Gasteiger partial charge in [-0.05, 0) is 24.1 Å². The molecule has 0 fully saturated rings. The van der Waals surface area contributed by atoms with Gasteiger partial charge in [-0.15, -0.1) is 0 Å². The molecule has 6 nitrogen and oxygen atoms in total. The molecule has 0 saturated carbocycles. The predicted octanol–water partition coefficient (Wildman–Crippen LogP) is 1.78. The summed E-state index contributed by atoms with van der Waals surface area (Å²) < 4.78 is 15.6. The summed E-state index contributed by atoms with van der Waals surface area (Å²) in [5.74, 6) is 0.354. The summed E-state index contributed by atoms with van der Waals surface area (Å²) in [4.78, 5) is 24.2. The minimum atomic E-state index is -0.671. The molecule has 0 bridgehead atoms. The molecule has 1 aliphatic heterocycles. The third-order valence-corrected chi connectivity index (χ3v) is 3.76. The fourth-order valence-corrected chi connectivity index (χ4v) is 2.21. The maximum Gasteiger partial charge on any atom is 0.328 e. The van der Waals surface area contributed by atoms with Crippen molar-refractivity contribution in [2.75, 3.05) is 20.3 Å². The van der Waals surface area contributed by atoms with Gasteiger partial charge in [0.05, 0.1) is 7.11 Å². The van der Waals surface area contributed by atoms with Gasteiger partial charge in [0.1, 0.15) is 19.3 Å². The minimum Gasteiger partial charge on any atom is -0.486 e. The fourth-order valence-electron chi connectivity index (χ4n) is 2.21. The van der Waals surface area contributed by atoms with Gasteiger partial charge in [-0.1, -0.05) is 20.3 Å². The predicted molar refractivity (Wildman–Crippen MR) is 80.2 cm³/mol. The molecule has 0 radical (unpaired) electrons. The first-order valence-corrected chi connectivity index (χ1v) is 7.35. The standard InChI is InChI=1S/C16H21NO5/c1-4-10(2)14(16(19)20-3)17-15(18)11-5-6-12-13(9-11)22-8-7-21-12/h5-6,9-10,14H,4,7-8H2,1-3H3,(H,17,18). The van der Waals surface area contributed by atoms with Crippen LogP contribution in [0.15, 0.2) is 18.2 Å². The van der Waals surface area contributed by atoms with Crippen molar-refractivity contribution < 1.29 is 23.8 Å². The molecule has 2 unspecified atom stereocenters. The Morgan fingerprint density at radius 1 is 1.27 bits per heavy atom. The highest BCUT2D eigenvalue weighted by Crippen LogP contribution is 2.30. The van der Waals surface area contributed by atoms with E-state index in [1.807, 2.05) is 13.8 Å². The van der Waals surface area contributed by atoms with Crippen LogP contribution in [0.5, 0.6) is 11.5 Å². The summed E-state index contributed by atoms with van der Waals surface area (Å²) in [6, 6.07) is 4.29. The van der Waals surface area contributed by atoms with Crippen molar-refractivity contribution in [2.45, 2.75) is 26.3 Å². The molecule has 0 aliphatic carbocycles. The molecule has 2 atom stereocenters. The lowest BCUT2D eigenvalue weighted by Crippen LogP contribution is -2.45. The second-order valence-electron chi connectivity index (χ2n) is 5.22. The molecule has 1 aromatic carbocycles. The summed E-state index contributed by atoms with van der Waals surface area (Å²) in [5, 5.41) is 2.73. The number of benzene rings is 1. The Labute approximate surface area is 129 Å². The summed E-state index contributed by atoms with van der Waals surface area (Å²) in [6.45, 7) is 4.80. The molecule has 2 rings (SSSR count). The van der Waals surface area contributed by atoms with E-state index in [2.05, 4.69) is 5.32 Å². The van der Waals surface area contributed by atoms with E-state index in [-0.39, 0.29) is 11.8 Å². The lowest BCUT2D eigenvalue weighted by Gasteiger charge is -2.22. The van der Waals surface area contributed by atoms with Crippen LogP contribution in [0.1, 0.15) is 30.6 Å². The first-order chi connectivity index (χ1) is 10.6. The van der Waals surface area contributed by atoms with Crippen LogP contribution in [0.2, 0.25) is 0 Å². The third-order valence-electron chi connectivity index (χ3n) is 3.76. The van der Waals surface area contributed by atoms with Crippen molar-refractivity contribution in [1.29, 1.82) is 0 Å². The number of esters is 1. The van der Waals surface area contributed by atoms with Gasteiger partial charge in [-0.2, -0.15) is 0 Å². The molecule has 1 aliphatic rings. The van der Waals surface area contributed by atoms with Crippen LogP contribution < -0.4 is 14.8 Å². The zero-order valence-corrected chi connectivity index (χ0v) is 13.0. The van der Waals surface area contributed by atoms with Crippen molar-refractivity contribution in [2.24, 2.45) is 5.92 Å². The number of rotatable bonds is 5. The number of nitrogens with one attached hydrogen (secondary N) is 1. The van der Waals surface area contributed by atoms with E-state index in [0.29, 0.717) is 30.3 Å². The van der Waals surface area contributed by atoms with E-state index < -0.39 is 12.0 Å². The van der Waals surface area contributed by atoms with Crippen molar-refractivity contribution in [1.82, 2.24) is 5.32 Å². The van der Waals surface area contributed by atoms with Crippen LogP contribution in [0.25, 0.3) is 0 Å². The topological polar surface area (TPSA) is 73.9 Å². The van der Waals surface area contributed by atoms with Crippen molar-refractivity contribution in [3.8, 4) is 11.5 Å². The van der Waals surface area contributed by atoms with Gasteiger partial charge in [-0.25, -0.2) is 4.79 Å². The van der Waals surface area contributed by atoms with Gasteiger partial charge in [0, 0.05) is 5.56 Å². The van der Waals surface area contributed by atoms with E-state index >= 15 is 0 Å². The molecule has 1 N–H and O–H groups in total. The van der Waals surface area contributed by atoms with Gasteiger partial charge in [0.15, 0.2) is 11.5 Å². The highest BCUT2D eigenvalue weighted by molar-refractivity contribution is 5.97. The van der Waals surface area contributed by atoms with E-state index in [9.17, 15) is 9.59 Å². The van der Waals surface area contributed by atoms with E-state index in [4.69, 9.17) is 14.2 Å². The Balaban J connectivity index is 2.14. The number of ether oxygens (including phenoxy) is 3. The van der Waals surface area contributed by atoms with Gasteiger partial charge in [0.2, 0.25) is 0 Å². The Kier molecular flexibility index (Phi) is 5.25. The molecule has 1 aromatic rings. The van der Waals surface area contributed by atoms with Crippen molar-refractivity contribution in [3.63, 3.8) is 0 Å². The lowest BCUT2D eigenvalue weighted by molar-refractivity contribution is -0.144. The molecule has 0 spiro atoms. The number of carbonyl (C=O) groups is 2. The highest BCUT2D eigenvalue weighted by atomic mass is 16.6. The van der Waals surface area contributed by atoms with Gasteiger partial charge in [0.25, 0.3) is 5.91 Å². The maximum atomic E-state index is 12.4. The lowest BCUT2D eigenvalue weighted by atomic mass is 9.99. The first kappa shape index (κ1) is 16.1. The smallest absolute Gasteiger partial charge is 0.328 e. The average molecular weight is 307 g/mol. The number of fused-ring (bicyclic) bond motifs is 1. The zero-order valence-electron chi connectivity index (χ0n) is 13.0. The van der Waals surface area contributed by atoms with Crippen LogP contribution >= 0.6 is 0 Å². The Morgan fingerprint density at radius 3 is 2.59 bits per heavy atom. The van der Waals surface area contributed by atoms with Gasteiger partial charge >= 0.3 is 5.97 Å². The average Bonchev–Trinajstić information content (AvgIpc) is 2.57.